The van der Waals surface area contributed by atoms with E-state index >= 15 is 0 Å². The average molecular weight is 467 g/mol. The molecule has 1 amide bonds. The van der Waals surface area contributed by atoms with Crippen molar-refractivity contribution in [2.75, 3.05) is 5.32 Å². The van der Waals surface area contributed by atoms with Gasteiger partial charge in [0.1, 0.15) is 0 Å². The monoisotopic (exact) mass is 466 g/mol. The summed E-state index contributed by atoms with van der Waals surface area (Å²) in [4.78, 5) is 24.7. The van der Waals surface area contributed by atoms with Gasteiger partial charge in [-0.1, -0.05) is 29.8 Å². The first-order valence-electron chi connectivity index (χ1n) is 8.69. The Morgan fingerprint density at radius 1 is 1.10 bits per heavy atom. The number of aromatic carboxylic acids is 1. The lowest BCUT2D eigenvalue weighted by Crippen LogP contribution is -2.20. The van der Waals surface area contributed by atoms with Gasteiger partial charge < -0.3 is 10.4 Å². The fourth-order valence-electron chi connectivity index (χ4n) is 2.88. The van der Waals surface area contributed by atoms with Crippen LogP contribution in [0.4, 0.5) is 18.9 Å². The van der Waals surface area contributed by atoms with Crippen molar-refractivity contribution >= 4 is 46.2 Å². The zero-order valence-electron chi connectivity index (χ0n) is 15.8. The van der Waals surface area contributed by atoms with Crippen molar-refractivity contribution in [1.29, 1.82) is 5.41 Å². The van der Waals surface area contributed by atoms with E-state index in [9.17, 15) is 22.8 Å². The molecule has 2 aromatic carbocycles. The Balaban J connectivity index is 1.96. The number of anilines is 1. The molecule has 3 rings (SSSR count). The number of hydrogen-bond acceptors (Lipinski definition) is 4. The minimum absolute atomic E-state index is 0.0134. The number of halogens is 4. The fraction of sp³-hybridized carbons (Fsp3) is 0.0952. The van der Waals surface area contributed by atoms with Crippen LogP contribution in [-0.4, -0.2) is 22.7 Å². The molecule has 160 valence electrons. The van der Waals surface area contributed by atoms with Crippen LogP contribution in [-0.2, 0) is 6.18 Å². The molecule has 1 aromatic heterocycles. The van der Waals surface area contributed by atoms with Crippen LogP contribution in [0.15, 0.2) is 48.5 Å². The average Bonchev–Trinajstić information content (AvgIpc) is 3.06. The number of carboxylic acid groups (broad SMARTS) is 1. The predicted octanol–water partition coefficient (Wildman–Crippen LogP) is 6.10. The summed E-state index contributed by atoms with van der Waals surface area (Å²) >= 11 is 7.06. The standard InChI is InChI=1S/C21H14ClF3N2O3S/c1-10-9-15(18(31-10)17(26)11-5-7-12(8-6-11)20(29)30)27-19(28)16-13(21(23,24)25)3-2-4-14(16)22/h2-9,26H,1H3,(H,27,28)(H,29,30). The second-order valence-electron chi connectivity index (χ2n) is 6.47. The van der Waals surface area contributed by atoms with Gasteiger partial charge in [-0.3, -0.25) is 10.2 Å². The molecule has 0 saturated heterocycles. The lowest BCUT2D eigenvalue weighted by Gasteiger charge is -2.14. The van der Waals surface area contributed by atoms with Crippen molar-refractivity contribution in [2.45, 2.75) is 13.1 Å². The molecule has 1 heterocycles. The van der Waals surface area contributed by atoms with Gasteiger partial charge in [-0.25, -0.2) is 4.79 Å². The van der Waals surface area contributed by atoms with E-state index in [0.29, 0.717) is 15.3 Å². The molecule has 10 heteroatoms. The molecule has 0 saturated carbocycles. The molecule has 3 N–H and O–H groups in total. The van der Waals surface area contributed by atoms with Crippen LogP contribution in [0.2, 0.25) is 5.02 Å². The molecule has 0 bridgehead atoms. The third kappa shape index (κ3) is 4.78. The minimum atomic E-state index is -4.77. The number of amides is 1. The highest BCUT2D eigenvalue weighted by Gasteiger charge is 2.36. The maximum Gasteiger partial charge on any atom is 0.417 e. The molecule has 0 aliphatic carbocycles. The second-order valence-corrected chi connectivity index (χ2v) is 8.14. The molecular formula is C21H14ClF3N2O3S. The van der Waals surface area contributed by atoms with Crippen LogP contribution in [0.25, 0.3) is 0 Å². The number of carbonyl (C=O) groups is 2. The van der Waals surface area contributed by atoms with Crippen molar-refractivity contribution in [3.63, 3.8) is 0 Å². The van der Waals surface area contributed by atoms with Crippen molar-refractivity contribution in [1.82, 2.24) is 0 Å². The maximum atomic E-state index is 13.3. The first-order valence-corrected chi connectivity index (χ1v) is 9.88. The third-order valence-electron chi connectivity index (χ3n) is 4.30. The van der Waals surface area contributed by atoms with Gasteiger partial charge in [0.2, 0.25) is 0 Å². The van der Waals surface area contributed by atoms with Crippen LogP contribution >= 0.6 is 22.9 Å². The first-order chi connectivity index (χ1) is 14.5. The summed E-state index contributed by atoms with van der Waals surface area (Å²) in [5, 5.41) is 19.5. The number of thiophene rings is 1. The number of benzene rings is 2. The molecule has 3 aromatic rings. The second kappa shape index (κ2) is 8.52. The minimum Gasteiger partial charge on any atom is -0.478 e. The first kappa shape index (κ1) is 22.5. The molecule has 31 heavy (non-hydrogen) atoms. The Labute approximate surface area is 183 Å². The Bertz CT molecular complexity index is 1190. The molecular weight excluding hydrogens is 453 g/mol. The van der Waals surface area contributed by atoms with Crippen LogP contribution < -0.4 is 5.32 Å². The van der Waals surface area contributed by atoms with Crippen molar-refractivity contribution in [3.05, 3.63) is 85.6 Å². The number of rotatable bonds is 5. The van der Waals surface area contributed by atoms with Gasteiger partial charge in [0, 0.05) is 10.4 Å². The summed E-state index contributed by atoms with van der Waals surface area (Å²) in [6.45, 7) is 1.72. The van der Waals surface area contributed by atoms with Gasteiger partial charge in [0.25, 0.3) is 5.91 Å². The Kier molecular flexibility index (Phi) is 6.19. The van der Waals surface area contributed by atoms with Gasteiger partial charge in [-0.15, -0.1) is 11.3 Å². The number of nitrogens with one attached hydrogen (secondary N) is 2. The highest BCUT2D eigenvalue weighted by atomic mass is 35.5. The Morgan fingerprint density at radius 3 is 2.29 bits per heavy atom. The maximum absolute atomic E-state index is 13.3. The molecule has 0 radical (unpaired) electrons. The van der Waals surface area contributed by atoms with Crippen molar-refractivity contribution in [2.24, 2.45) is 0 Å². The van der Waals surface area contributed by atoms with Gasteiger partial charge in [-0.2, -0.15) is 13.2 Å². The van der Waals surface area contributed by atoms with Gasteiger partial charge in [-0.05, 0) is 37.3 Å². The summed E-state index contributed by atoms with van der Waals surface area (Å²) in [5.74, 6) is -2.16. The SMILES string of the molecule is Cc1cc(NC(=O)c2c(Cl)cccc2C(F)(F)F)c(C(=N)c2ccc(C(=O)O)cc2)s1. The van der Waals surface area contributed by atoms with Crippen LogP contribution in [0.5, 0.6) is 0 Å². The van der Waals surface area contributed by atoms with Gasteiger partial charge in [0.05, 0.1) is 38.0 Å². The van der Waals surface area contributed by atoms with Gasteiger partial charge >= 0.3 is 12.1 Å². The number of carbonyl (C=O) groups excluding carboxylic acids is 1. The van der Waals surface area contributed by atoms with E-state index in [-0.39, 0.29) is 22.0 Å². The quantitative estimate of drug-likeness (QED) is 0.397. The number of carboxylic acids is 1. The molecule has 0 aliphatic rings. The van der Waals surface area contributed by atoms with E-state index in [1.54, 1.807) is 13.0 Å². The summed E-state index contributed by atoms with van der Waals surface area (Å²) in [6.07, 6.45) is -4.77. The van der Waals surface area contributed by atoms with Gasteiger partial charge in [0.15, 0.2) is 0 Å². The smallest absolute Gasteiger partial charge is 0.417 e. The number of hydrogen-bond donors (Lipinski definition) is 3. The van der Waals surface area contributed by atoms with Crippen LogP contribution in [0, 0.1) is 12.3 Å². The molecule has 0 unspecified atom stereocenters. The molecule has 0 spiro atoms. The molecule has 0 fully saturated rings. The third-order valence-corrected chi connectivity index (χ3v) is 5.68. The van der Waals surface area contributed by atoms with Crippen molar-refractivity contribution < 1.29 is 27.9 Å². The lowest BCUT2D eigenvalue weighted by atomic mass is 10.0. The molecule has 5 nitrogen and oxygen atoms in total. The normalized spacial score (nSPS) is 11.3. The van der Waals surface area contributed by atoms with Crippen LogP contribution in [0.3, 0.4) is 0 Å². The highest BCUT2D eigenvalue weighted by Crippen LogP contribution is 2.36. The molecule has 0 atom stereocenters. The zero-order valence-corrected chi connectivity index (χ0v) is 17.4. The summed E-state index contributed by atoms with van der Waals surface area (Å²) in [5.41, 5.74) is -1.29. The largest absolute Gasteiger partial charge is 0.478 e. The highest BCUT2D eigenvalue weighted by molar-refractivity contribution is 7.14. The Morgan fingerprint density at radius 2 is 1.71 bits per heavy atom. The predicted molar refractivity (Wildman–Crippen MR) is 113 cm³/mol. The lowest BCUT2D eigenvalue weighted by molar-refractivity contribution is -0.137. The number of alkyl halides is 3. The van der Waals surface area contributed by atoms with E-state index in [1.807, 2.05) is 0 Å². The van der Waals surface area contributed by atoms with E-state index in [0.717, 1.165) is 12.1 Å². The van der Waals surface area contributed by atoms with Crippen molar-refractivity contribution in [3.8, 4) is 0 Å². The summed E-state index contributed by atoms with van der Waals surface area (Å²) in [6, 6.07) is 10.2. The van der Waals surface area contributed by atoms with E-state index in [1.165, 1.54) is 41.7 Å². The van der Waals surface area contributed by atoms with Crippen LogP contribution in [0.1, 0.15) is 41.6 Å². The zero-order chi connectivity index (χ0) is 22.9. The van der Waals surface area contributed by atoms with E-state index < -0.39 is 29.2 Å². The van der Waals surface area contributed by atoms with E-state index in [2.05, 4.69) is 5.32 Å². The topological polar surface area (TPSA) is 90.3 Å². The number of aryl methyl sites for hydroxylation is 1. The van der Waals surface area contributed by atoms with E-state index in [4.69, 9.17) is 22.1 Å². The fourth-order valence-corrected chi connectivity index (χ4v) is 4.08. The summed E-state index contributed by atoms with van der Waals surface area (Å²) in [7, 11) is 0. The molecule has 0 aliphatic heterocycles. The Hall–Kier alpha value is -3.17. The summed E-state index contributed by atoms with van der Waals surface area (Å²) < 4.78 is 40.0.